The molecule has 2 rings (SSSR count). The molecule has 0 aliphatic heterocycles. The summed E-state index contributed by atoms with van der Waals surface area (Å²) in [6.45, 7) is 5.94. The highest BCUT2D eigenvalue weighted by Gasteiger charge is 2.35. The summed E-state index contributed by atoms with van der Waals surface area (Å²) in [5.41, 5.74) is 1.10. The van der Waals surface area contributed by atoms with Crippen molar-refractivity contribution in [2.24, 2.45) is 0 Å². The monoisotopic (exact) mass is 266 g/mol. The van der Waals surface area contributed by atoms with Crippen molar-refractivity contribution >= 4 is 23.5 Å². The summed E-state index contributed by atoms with van der Waals surface area (Å²) in [7, 11) is 0. The first kappa shape index (κ1) is 13.5. The molecular formula is C13H22N4S. The number of thioether (sulfide) groups is 1. The SMILES string of the molecule is CCNc1ncc(C)c(NCC2(SC)CCC2)n1. The van der Waals surface area contributed by atoms with Crippen LogP contribution in [0.1, 0.15) is 31.7 Å². The Labute approximate surface area is 113 Å². The van der Waals surface area contributed by atoms with Crippen LogP contribution in [-0.2, 0) is 0 Å². The number of nitrogens with zero attached hydrogens (tertiary/aromatic N) is 2. The summed E-state index contributed by atoms with van der Waals surface area (Å²) in [5.74, 6) is 1.67. The third-order valence-electron chi connectivity index (χ3n) is 3.58. The van der Waals surface area contributed by atoms with Gasteiger partial charge in [0.15, 0.2) is 0 Å². The Morgan fingerprint density at radius 3 is 2.72 bits per heavy atom. The molecule has 0 radical (unpaired) electrons. The van der Waals surface area contributed by atoms with Gasteiger partial charge >= 0.3 is 0 Å². The molecule has 0 aromatic carbocycles. The topological polar surface area (TPSA) is 49.8 Å². The van der Waals surface area contributed by atoms with Crippen molar-refractivity contribution in [3.8, 4) is 0 Å². The van der Waals surface area contributed by atoms with Crippen molar-refractivity contribution in [2.75, 3.05) is 30.0 Å². The quantitative estimate of drug-likeness (QED) is 0.829. The Morgan fingerprint density at radius 2 is 2.17 bits per heavy atom. The van der Waals surface area contributed by atoms with Crippen LogP contribution in [-0.4, -0.2) is 34.1 Å². The molecule has 1 aromatic heterocycles. The van der Waals surface area contributed by atoms with Crippen molar-refractivity contribution in [2.45, 2.75) is 37.9 Å². The molecule has 0 amide bonds. The van der Waals surface area contributed by atoms with Gasteiger partial charge in [0.2, 0.25) is 5.95 Å². The third-order valence-corrected chi connectivity index (χ3v) is 5.00. The molecule has 1 aliphatic rings. The van der Waals surface area contributed by atoms with Crippen molar-refractivity contribution in [3.63, 3.8) is 0 Å². The van der Waals surface area contributed by atoms with Gasteiger partial charge in [0.1, 0.15) is 5.82 Å². The lowest BCUT2D eigenvalue weighted by Crippen LogP contribution is -2.40. The highest BCUT2D eigenvalue weighted by molar-refractivity contribution is 8.00. The zero-order valence-electron chi connectivity index (χ0n) is 11.4. The number of hydrogen-bond donors (Lipinski definition) is 2. The van der Waals surface area contributed by atoms with Gasteiger partial charge in [0.25, 0.3) is 0 Å². The molecule has 0 saturated heterocycles. The average molecular weight is 266 g/mol. The number of aryl methyl sites for hydroxylation is 1. The van der Waals surface area contributed by atoms with E-state index in [0.29, 0.717) is 10.7 Å². The Hall–Kier alpha value is -0.970. The largest absolute Gasteiger partial charge is 0.368 e. The van der Waals surface area contributed by atoms with Crippen molar-refractivity contribution in [1.29, 1.82) is 0 Å². The van der Waals surface area contributed by atoms with E-state index >= 15 is 0 Å². The fourth-order valence-corrected chi connectivity index (χ4v) is 3.05. The molecule has 0 spiro atoms. The van der Waals surface area contributed by atoms with Gasteiger partial charge in [-0.05, 0) is 32.9 Å². The molecule has 1 fully saturated rings. The molecule has 4 nitrogen and oxygen atoms in total. The summed E-state index contributed by atoms with van der Waals surface area (Å²) in [6.07, 6.45) is 8.06. The molecule has 1 heterocycles. The zero-order chi connectivity index (χ0) is 13.0. The minimum absolute atomic E-state index is 0.426. The number of rotatable bonds is 6. The fraction of sp³-hybridized carbons (Fsp3) is 0.692. The van der Waals surface area contributed by atoms with E-state index in [-0.39, 0.29) is 0 Å². The molecule has 1 aliphatic carbocycles. The molecule has 0 unspecified atom stereocenters. The second-order valence-electron chi connectivity index (χ2n) is 4.85. The minimum atomic E-state index is 0.426. The van der Waals surface area contributed by atoms with Gasteiger partial charge in [-0.1, -0.05) is 6.42 Å². The average Bonchev–Trinajstić information content (AvgIpc) is 2.32. The Balaban J connectivity index is 2.01. The van der Waals surface area contributed by atoms with Gasteiger partial charge in [-0.2, -0.15) is 16.7 Å². The first-order valence-corrected chi connectivity index (χ1v) is 7.78. The van der Waals surface area contributed by atoms with Gasteiger partial charge < -0.3 is 10.6 Å². The summed E-state index contributed by atoms with van der Waals surface area (Å²) < 4.78 is 0.426. The molecule has 0 bridgehead atoms. The maximum Gasteiger partial charge on any atom is 0.224 e. The van der Waals surface area contributed by atoms with Crippen LogP contribution in [0.3, 0.4) is 0 Å². The predicted octanol–water partition coefficient (Wildman–Crippen LogP) is 2.91. The minimum Gasteiger partial charge on any atom is -0.368 e. The number of anilines is 2. The van der Waals surface area contributed by atoms with Crippen LogP contribution >= 0.6 is 11.8 Å². The van der Waals surface area contributed by atoms with Crippen molar-refractivity contribution < 1.29 is 0 Å². The van der Waals surface area contributed by atoms with Crippen LogP contribution in [0.2, 0.25) is 0 Å². The van der Waals surface area contributed by atoms with E-state index < -0.39 is 0 Å². The van der Waals surface area contributed by atoms with Gasteiger partial charge in [0, 0.05) is 29.6 Å². The van der Waals surface area contributed by atoms with E-state index in [2.05, 4.69) is 26.9 Å². The lowest BCUT2D eigenvalue weighted by atomic mass is 9.84. The van der Waals surface area contributed by atoms with Gasteiger partial charge in [-0.25, -0.2) is 4.98 Å². The van der Waals surface area contributed by atoms with E-state index in [1.54, 1.807) is 0 Å². The molecule has 5 heteroatoms. The maximum absolute atomic E-state index is 4.52. The molecule has 100 valence electrons. The smallest absolute Gasteiger partial charge is 0.224 e. The summed E-state index contributed by atoms with van der Waals surface area (Å²) in [5, 5.41) is 6.64. The fourth-order valence-electron chi connectivity index (χ4n) is 2.13. The molecule has 1 aromatic rings. The van der Waals surface area contributed by atoms with E-state index in [1.165, 1.54) is 19.3 Å². The van der Waals surface area contributed by atoms with Crippen LogP contribution in [0.4, 0.5) is 11.8 Å². The second-order valence-corrected chi connectivity index (χ2v) is 6.12. The first-order chi connectivity index (χ1) is 8.69. The number of hydrogen-bond acceptors (Lipinski definition) is 5. The highest BCUT2D eigenvalue weighted by atomic mass is 32.2. The summed E-state index contributed by atoms with van der Waals surface area (Å²) >= 11 is 1.98. The van der Waals surface area contributed by atoms with Crippen LogP contribution in [0.15, 0.2) is 6.20 Å². The Bertz CT molecular complexity index is 398. The zero-order valence-corrected chi connectivity index (χ0v) is 12.2. The molecule has 2 N–H and O–H groups in total. The summed E-state index contributed by atoms with van der Waals surface area (Å²) in [4.78, 5) is 8.78. The Morgan fingerprint density at radius 1 is 1.39 bits per heavy atom. The second kappa shape index (κ2) is 5.78. The van der Waals surface area contributed by atoms with Gasteiger partial charge in [-0.3, -0.25) is 0 Å². The van der Waals surface area contributed by atoms with Crippen molar-refractivity contribution in [3.05, 3.63) is 11.8 Å². The maximum atomic E-state index is 4.52. The van der Waals surface area contributed by atoms with Crippen LogP contribution in [0.5, 0.6) is 0 Å². The van der Waals surface area contributed by atoms with Crippen LogP contribution < -0.4 is 10.6 Å². The van der Waals surface area contributed by atoms with Crippen LogP contribution in [0.25, 0.3) is 0 Å². The van der Waals surface area contributed by atoms with Gasteiger partial charge in [-0.15, -0.1) is 0 Å². The number of aromatic nitrogens is 2. The van der Waals surface area contributed by atoms with Crippen LogP contribution in [0, 0.1) is 6.92 Å². The van der Waals surface area contributed by atoms with E-state index in [9.17, 15) is 0 Å². The van der Waals surface area contributed by atoms with E-state index in [1.807, 2.05) is 31.8 Å². The molecular weight excluding hydrogens is 244 g/mol. The predicted molar refractivity (Wildman–Crippen MR) is 79.5 cm³/mol. The number of nitrogens with one attached hydrogen (secondary N) is 2. The summed E-state index contributed by atoms with van der Waals surface area (Å²) in [6, 6.07) is 0. The molecule has 1 saturated carbocycles. The van der Waals surface area contributed by atoms with E-state index in [0.717, 1.165) is 24.5 Å². The first-order valence-electron chi connectivity index (χ1n) is 6.55. The normalized spacial score (nSPS) is 17.1. The standard InChI is InChI=1S/C13H22N4S/c1-4-14-12-15-8-10(2)11(17-12)16-9-13(18-3)6-5-7-13/h8H,4-7,9H2,1-3H3,(H2,14,15,16,17). The highest BCUT2D eigenvalue weighted by Crippen LogP contribution is 2.42. The Kier molecular flexibility index (Phi) is 4.32. The van der Waals surface area contributed by atoms with Crippen molar-refractivity contribution in [1.82, 2.24) is 9.97 Å². The lowest BCUT2D eigenvalue weighted by Gasteiger charge is -2.40. The van der Waals surface area contributed by atoms with E-state index in [4.69, 9.17) is 0 Å². The lowest BCUT2D eigenvalue weighted by molar-refractivity contribution is 0.379. The third kappa shape index (κ3) is 2.88. The van der Waals surface area contributed by atoms with Gasteiger partial charge in [0.05, 0.1) is 0 Å². The molecule has 18 heavy (non-hydrogen) atoms. The molecule has 0 atom stereocenters.